The lowest BCUT2D eigenvalue weighted by molar-refractivity contribution is -0.0673. The van der Waals surface area contributed by atoms with Crippen LogP contribution in [0.15, 0.2) is 76.7 Å². The third kappa shape index (κ3) is 5.06. The summed E-state index contributed by atoms with van der Waals surface area (Å²) in [6.07, 6.45) is 6.55. The van der Waals surface area contributed by atoms with E-state index in [9.17, 15) is 4.39 Å². The lowest BCUT2D eigenvalue weighted by atomic mass is 9.76. The molecule has 3 aliphatic rings. The van der Waals surface area contributed by atoms with Gasteiger partial charge in [-0.3, -0.25) is 4.90 Å². The molecule has 3 aromatic rings. The molecule has 1 unspecified atom stereocenters. The van der Waals surface area contributed by atoms with Crippen LogP contribution in [0.25, 0.3) is 11.5 Å². The normalized spacial score (nSPS) is 24.5. The quantitative estimate of drug-likeness (QED) is 0.347. The number of aromatic nitrogens is 2. The zero-order chi connectivity index (χ0) is 27.2. The molecule has 0 radical (unpaired) electrons. The summed E-state index contributed by atoms with van der Waals surface area (Å²) in [6, 6.07) is 17.0. The molecule has 1 aromatic heterocycles. The molecule has 2 aliphatic carbocycles. The Bertz CT molecular complexity index is 1410. The highest BCUT2D eigenvalue weighted by Gasteiger charge is 2.52. The molecule has 39 heavy (non-hydrogen) atoms. The minimum atomic E-state index is -0.344. The van der Waals surface area contributed by atoms with Crippen LogP contribution in [0.5, 0.6) is 0 Å². The third-order valence-electron chi connectivity index (χ3n) is 8.20. The number of ether oxygens (including phenoxy) is 2. The van der Waals surface area contributed by atoms with E-state index < -0.39 is 0 Å². The molecule has 2 heterocycles. The maximum Gasteiger partial charge on any atom is 0.247 e. The third-order valence-corrected chi connectivity index (χ3v) is 8.20. The van der Waals surface area contributed by atoms with Gasteiger partial charge in [-0.15, -0.1) is 10.2 Å². The van der Waals surface area contributed by atoms with Crippen LogP contribution in [0, 0.1) is 0 Å². The van der Waals surface area contributed by atoms with Crippen LogP contribution in [0.2, 0.25) is 0 Å². The van der Waals surface area contributed by atoms with E-state index in [4.69, 9.17) is 13.9 Å². The van der Waals surface area contributed by atoms with Gasteiger partial charge >= 0.3 is 0 Å². The molecule has 0 bridgehead atoms. The molecule has 1 spiro atoms. The molecule has 204 valence electrons. The van der Waals surface area contributed by atoms with Gasteiger partial charge in [0.2, 0.25) is 11.8 Å². The van der Waals surface area contributed by atoms with Gasteiger partial charge in [0.05, 0.1) is 24.2 Å². The van der Waals surface area contributed by atoms with E-state index in [0.717, 1.165) is 31.4 Å². The molecule has 0 saturated carbocycles. The van der Waals surface area contributed by atoms with Gasteiger partial charge in [-0.05, 0) is 81.9 Å². The van der Waals surface area contributed by atoms with Crippen molar-refractivity contribution in [1.29, 1.82) is 0 Å². The first kappa shape index (κ1) is 26.0. The number of benzene rings is 2. The number of aryl methyl sites for hydroxylation is 1. The van der Waals surface area contributed by atoms with Gasteiger partial charge < -0.3 is 13.9 Å². The minimum absolute atomic E-state index is 0.0719. The summed E-state index contributed by atoms with van der Waals surface area (Å²) >= 11 is 0. The van der Waals surface area contributed by atoms with E-state index in [1.165, 1.54) is 16.7 Å². The SMILES string of the molecule is CC(C)OC1=C(F)CC(c2nnc(-c3ccc4c(c3)C[C@@]3(CC4)COC(C)(C)N3Cc3ccccc3)o2)C=C1. The highest BCUT2D eigenvalue weighted by Crippen LogP contribution is 2.45. The molecule has 0 N–H and O–H groups in total. The highest BCUT2D eigenvalue weighted by molar-refractivity contribution is 5.56. The first-order valence-corrected chi connectivity index (χ1v) is 13.9. The van der Waals surface area contributed by atoms with E-state index >= 15 is 0 Å². The number of fused-ring (bicyclic) bond motifs is 1. The topological polar surface area (TPSA) is 60.6 Å². The van der Waals surface area contributed by atoms with Crippen molar-refractivity contribution in [2.45, 2.75) is 83.2 Å². The summed E-state index contributed by atoms with van der Waals surface area (Å²) in [6.45, 7) is 9.66. The molecule has 1 saturated heterocycles. The Morgan fingerprint density at radius 3 is 2.69 bits per heavy atom. The molecule has 0 amide bonds. The lowest BCUT2D eigenvalue weighted by Gasteiger charge is -2.45. The fourth-order valence-corrected chi connectivity index (χ4v) is 6.18. The van der Waals surface area contributed by atoms with Gasteiger partial charge in [0, 0.05) is 18.5 Å². The summed E-state index contributed by atoms with van der Waals surface area (Å²) < 4.78 is 32.6. The molecular weight excluding hydrogens is 493 g/mol. The molecule has 1 fully saturated rings. The maximum absolute atomic E-state index is 14.6. The van der Waals surface area contributed by atoms with Gasteiger partial charge in [-0.1, -0.05) is 42.5 Å². The van der Waals surface area contributed by atoms with Gasteiger partial charge in [-0.25, -0.2) is 4.39 Å². The summed E-state index contributed by atoms with van der Waals surface area (Å²) in [7, 11) is 0. The van der Waals surface area contributed by atoms with Crippen LogP contribution >= 0.6 is 0 Å². The number of hydrogen-bond acceptors (Lipinski definition) is 6. The first-order chi connectivity index (χ1) is 18.7. The fourth-order valence-electron chi connectivity index (χ4n) is 6.18. The number of rotatable bonds is 6. The molecule has 2 atom stereocenters. The van der Waals surface area contributed by atoms with Crippen LogP contribution in [-0.2, 0) is 28.9 Å². The van der Waals surface area contributed by atoms with Crippen LogP contribution < -0.4 is 0 Å². The zero-order valence-corrected chi connectivity index (χ0v) is 23.1. The zero-order valence-electron chi connectivity index (χ0n) is 23.1. The predicted molar refractivity (Wildman–Crippen MR) is 147 cm³/mol. The molecule has 2 aromatic carbocycles. The second kappa shape index (κ2) is 10.0. The van der Waals surface area contributed by atoms with Crippen molar-refractivity contribution in [3.05, 3.63) is 94.9 Å². The van der Waals surface area contributed by atoms with Gasteiger partial charge in [0.25, 0.3) is 0 Å². The average molecular weight is 530 g/mol. The van der Waals surface area contributed by atoms with Gasteiger partial charge in [0.15, 0.2) is 5.76 Å². The molecule has 7 heteroatoms. The summed E-state index contributed by atoms with van der Waals surface area (Å²) in [5.41, 5.74) is 4.41. The van der Waals surface area contributed by atoms with E-state index in [1.807, 2.05) is 19.9 Å². The summed E-state index contributed by atoms with van der Waals surface area (Å²) in [5, 5.41) is 8.60. The van der Waals surface area contributed by atoms with Crippen molar-refractivity contribution < 1.29 is 18.3 Å². The smallest absolute Gasteiger partial charge is 0.247 e. The molecule has 6 nitrogen and oxygen atoms in total. The Balaban J connectivity index is 1.23. The van der Waals surface area contributed by atoms with Crippen molar-refractivity contribution in [2.75, 3.05) is 6.61 Å². The number of allylic oxidation sites excluding steroid dienone is 3. The van der Waals surface area contributed by atoms with E-state index in [-0.39, 0.29) is 41.3 Å². The Labute approximate surface area is 229 Å². The van der Waals surface area contributed by atoms with Crippen LogP contribution in [0.4, 0.5) is 4.39 Å². The van der Waals surface area contributed by atoms with Crippen LogP contribution in [-0.4, -0.2) is 39.1 Å². The van der Waals surface area contributed by atoms with Gasteiger partial charge in [0.1, 0.15) is 11.6 Å². The lowest BCUT2D eigenvalue weighted by Crippen LogP contribution is -2.54. The Hall–Kier alpha value is -3.29. The predicted octanol–water partition coefficient (Wildman–Crippen LogP) is 6.88. The van der Waals surface area contributed by atoms with Crippen molar-refractivity contribution in [2.24, 2.45) is 0 Å². The maximum atomic E-state index is 14.6. The van der Waals surface area contributed by atoms with Crippen LogP contribution in [0.3, 0.4) is 0 Å². The summed E-state index contributed by atoms with van der Waals surface area (Å²) in [4.78, 5) is 2.55. The largest absolute Gasteiger partial charge is 0.488 e. The van der Waals surface area contributed by atoms with Gasteiger partial charge in [-0.2, -0.15) is 0 Å². The first-order valence-electron chi connectivity index (χ1n) is 13.9. The minimum Gasteiger partial charge on any atom is -0.488 e. The number of halogens is 1. The summed E-state index contributed by atoms with van der Waals surface area (Å²) in [5.74, 6) is 0.547. The standard InChI is InChI=1S/C32H36FN3O3/c1-21(2)38-28-13-12-25(17-27(28)33)30-35-34-29(39-30)24-11-10-23-14-15-32(18-26(23)16-24)20-37-31(3,4)36(32)19-22-8-6-5-7-9-22/h5-13,16,21,25H,14-15,17-20H2,1-4H3/t25?,32-/m0/s1. The van der Waals surface area contributed by atoms with Crippen molar-refractivity contribution in [3.8, 4) is 11.5 Å². The fraction of sp³-hybridized carbons (Fsp3) is 0.438. The van der Waals surface area contributed by atoms with Crippen molar-refractivity contribution in [1.82, 2.24) is 15.1 Å². The second-order valence-electron chi connectivity index (χ2n) is 11.7. The molecule has 1 aliphatic heterocycles. The Morgan fingerprint density at radius 1 is 1.10 bits per heavy atom. The van der Waals surface area contributed by atoms with Crippen LogP contribution in [0.1, 0.15) is 69.0 Å². The van der Waals surface area contributed by atoms with E-state index in [2.05, 4.69) is 77.5 Å². The Kier molecular flexibility index (Phi) is 6.68. The number of nitrogens with zero attached hydrogens (tertiary/aromatic N) is 3. The Morgan fingerprint density at radius 2 is 1.92 bits per heavy atom. The molecular formula is C32H36FN3O3. The number of hydrogen-bond donors (Lipinski definition) is 0. The monoisotopic (exact) mass is 529 g/mol. The molecule has 6 rings (SSSR count). The van der Waals surface area contributed by atoms with Crippen molar-refractivity contribution >= 4 is 0 Å². The van der Waals surface area contributed by atoms with E-state index in [0.29, 0.717) is 18.4 Å². The highest BCUT2D eigenvalue weighted by atomic mass is 19.1. The van der Waals surface area contributed by atoms with E-state index in [1.54, 1.807) is 6.08 Å². The second-order valence-corrected chi connectivity index (χ2v) is 11.7. The average Bonchev–Trinajstić information content (AvgIpc) is 3.50. The van der Waals surface area contributed by atoms with Crippen molar-refractivity contribution in [3.63, 3.8) is 0 Å².